The van der Waals surface area contributed by atoms with E-state index in [1.54, 1.807) is 13.0 Å². The Bertz CT molecular complexity index is 464. The number of furan rings is 1. The third-order valence-corrected chi connectivity index (χ3v) is 3.73. The Kier molecular flexibility index (Phi) is 3.96. The Labute approximate surface area is 112 Å². The molecule has 0 bridgehead atoms. The number of rotatable bonds is 3. The van der Waals surface area contributed by atoms with Gasteiger partial charge in [0.2, 0.25) is 0 Å². The van der Waals surface area contributed by atoms with E-state index in [-0.39, 0.29) is 5.56 Å². The first kappa shape index (κ1) is 14.1. The summed E-state index contributed by atoms with van der Waals surface area (Å²) in [6.45, 7) is 5.84. The van der Waals surface area contributed by atoms with Crippen LogP contribution in [0.5, 0.6) is 0 Å². The second-order valence-electron chi connectivity index (χ2n) is 5.61. The van der Waals surface area contributed by atoms with Crippen molar-refractivity contribution in [2.45, 2.75) is 45.3 Å². The Morgan fingerprint density at radius 1 is 1.47 bits per heavy atom. The molecule has 1 unspecified atom stereocenters. The van der Waals surface area contributed by atoms with Crippen molar-refractivity contribution in [3.05, 3.63) is 23.2 Å². The molecule has 1 fully saturated rings. The van der Waals surface area contributed by atoms with Gasteiger partial charge in [0, 0.05) is 6.54 Å². The Morgan fingerprint density at radius 2 is 2.21 bits per heavy atom. The van der Waals surface area contributed by atoms with Gasteiger partial charge in [-0.3, -0.25) is 4.90 Å². The summed E-state index contributed by atoms with van der Waals surface area (Å²) in [5.41, 5.74) is -0.350. The molecule has 1 saturated heterocycles. The molecule has 0 spiro atoms. The molecule has 1 aromatic heterocycles. The van der Waals surface area contributed by atoms with Crippen LogP contribution in [0.4, 0.5) is 0 Å². The van der Waals surface area contributed by atoms with Gasteiger partial charge >= 0.3 is 5.97 Å². The fraction of sp³-hybridized carbons (Fsp3) is 0.643. The van der Waals surface area contributed by atoms with E-state index in [0.29, 0.717) is 18.1 Å². The minimum atomic E-state index is -0.953. The van der Waals surface area contributed by atoms with Gasteiger partial charge in [-0.05, 0) is 45.7 Å². The number of carboxylic acids is 1. The number of nitrogens with zero attached hydrogens (tertiary/aromatic N) is 1. The number of aromatic carboxylic acids is 1. The number of carboxylic acid groups (broad SMARTS) is 1. The number of likely N-dealkylation sites (tertiary alicyclic amines) is 1. The molecule has 0 aliphatic carbocycles. The SMILES string of the molecule is Cc1oc(CN2CCCC(C)(O)CC2)cc1C(=O)O. The van der Waals surface area contributed by atoms with Gasteiger partial charge in [0.1, 0.15) is 17.1 Å². The van der Waals surface area contributed by atoms with E-state index >= 15 is 0 Å². The molecule has 5 nitrogen and oxygen atoms in total. The van der Waals surface area contributed by atoms with Gasteiger partial charge in [0.05, 0.1) is 12.1 Å². The van der Waals surface area contributed by atoms with Crippen molar-refractivity contribution in [3.8, 4) is 0 Å². The van der Waals surface area contributed by atoms with Crippen LogP contribution in [0.1, 0.15) is 48.1 Å². The van der Waals surface area contributed by atoms with E-state index in [1.807, 2.05) is 6.92 Å². The van der Waals surface area contributed by atoms with Crippen LogP contribution in [-0.2, 0) is 6.54 Å². The van der Waals surface area contributed by atoms with Crippen molar-refractivity contribution in [3.63, 3.8) is 0 Å². The zero-order valence-electron chi connectivity index (χ0n) is 11.5. The van der Waals surface area contributed by atoms with E-state index in [2.05, 4.69) is 4.90 Å². The predicted molar refractivity (Wildman–Crippen MR) is 70.2 cm³/mol. The smallest absolute Gasteiger partial charge is 0.339 e. The summed E-state index contributed by atoms with van der Waals surface area (Å²) in [7, 11) is 0. The van der Waals surface area contributed by atoms with Crippen molar-refractivity contribution >= 4 is 5.97 Å². The van der Waals surface area contributed by atoms with E-state index < -0.39 is 11.6 Å². The molecule has 106 valence electrons. The number of hydrogen-bond donors (Lipinski definition) is 2. The first-order chi connectivity index (χ1) is 8.87. The quantitative estimate of drug-likeness (QED) is 0.876. The fourth-order valence-electron chi connectivity index (χ4n) is 2.53. The van der Waals surface area contributed by atoms with Crippen molar-refractivity contribution < 1.29 is 19.4 Å². The highest BCUT2D eigenvalue weighted by molar-refractivity contribution is 5.88. The van der Waals surface area contributed by atoms with Crippen LogP contribution in [0.2, 0.25) is 0 Å². The monoisotopic (exact) mass is 267 g/mol. The summed E-state index contributed by atoms with van der Waals surface area (Å²) in [4.78, 5) is 13.2. The highest BCUT2D eigenvalue weighted by Crippen LogP contribution is 2.23. The third-order valence-electron chi connectivity index (χ3n) is 3.73. The topological polar surface area (TPSA) is 73.9 Å². The normalized spacial score (nSPS) is 25.2. The summed E-state index contributed by atoms with van der Waals surface area (Å²) >= 11 is 0. The minimum absolute atomic E-state index is 0.233. The molecule has 2 rings (SSSR count). The van der Waals surface area contributed by atoms with Crippen molar-refractivity contribution in [2.24, 2.45) is 0 Å². The van der Waals surface area contributed by atoms with Crippen LogP contribution < -0.4 is 0 Å². The summed E-state index contributed by atoms with van der Waals surface area (Å²) in [5.74, 6) is 0.173. The molecule has 2 N–H and O–H groups in total. The zero-order valence-corrected chi connectivity index (χ0v) is 11.5. The van der Waals surface area contributed by atoms with Crippen LogP contribution >= 0.6 is 0 Å². The second-order valence-corrected chi connectivity index (χ2v) is 5.61. The molecular weight excluding hydrogens is 246 g/mol. The minimum Gasteiger partial charge on any atom is -0.478 e. The molecule has 1 aliphatic rings. The van der Waals surface area contributed by atoms with E-state index in [9.17, 15) is 9.90 Å². The zero-order chi connectivity index (χ0) is 14.0. The molecule has 1 aromatic rings. The van der Waals surface area contributed by atoms with Gasteiger partial charge < -0.3 is 14.6 Å². The molecule has 1 atom stereocenters. The average molecular weight is 267 g/mol. The largest absolute Gasteiger partial charge is 0.478 e. The van der Waals surface area contributed by atoms with E-state index in [1.165, 1.54) is 0 Å². The molecule has 0 aromatic carbocycles. The van der Waals surface area contributed by atoms with Gasteiger partial charge in [-0.25, -0.2) is 4.79 Å². The van der Waals surface area contributed by atoms with Gasteiger partial charge in [-0.2, -0.15) is 0 Å². The Morgan fingerprint density at radius 3 is 2.84 bits per heavy atom. The molecule has 0 amide bonds. The lowest BCUT2D eigenvalue weighted by atomic mass is 9.98. The molecule has 1 aliphatic heterocycles. The Hall–Kier alpha value is -1.33. The van der Waals surface area contributed by atoms with Crippen molar-refractivity contribution in [1.29, 1.82) is 0 Å². The lowest BCUT2D eigenvalue weighted by molar-refractivity contribution is 0.0441. The predicted octanol–water partition coefficient (Wildman–Crippen LogP) is 2.02. The average Bonchev–Trinajstić information content (AvgIpc) is 2.57. The lowest BCUT2D eigenvalue weighted by Crippen LogP contribution is -2.28. The number of aliphatic hydroxyl groups is 1. The molecule has 0 saturated carbocycles. The maximum Gasteiger partial charge on any atom is 0.339 e. The lowest BCUT2D eigenvalue weighted by Gasteiger charge is -2.21. The van der Waals surface area contributed by atoms with Crippen LogP contribution in [0.15, 0.2) is 10.5 Å². The van der Waals surface area contributed by atoms with Crippen molar-refractivity contribution in [1.82, 2.24) is 4.90 Å². The van der Waals surface area contributed by atoms with E-state index in [0.717, 1.165) is 32.4 Å². The van der Waals surface area contributed by atoms with Crippen LogP contribution in [0.25, 0.3) is 0 Å². The standard InChI is InChI=1S/C14H21NO4/c1-10-12(13(16)17)8-11(19-10)9-15-6-3-4-14(2,18)5-7-15/h8,18H,3-7,9H2,1-2H3,(H,16,17). The van der Waals surface area contributed by atoms with Crippen LogP contribution in [0.3, 0.4) is 0 Å². The molecule has 0 radical (unpaired) electrons. The van der Waals surface area contributed by atoms with Gasteiger partial charge in [0.25, 0.3) is 0 Å². The summed E-state index contributed by atoms with van der Waals surface area (Å²) in [5, 5.41) is 19.0. The number of hydrogen-bond acceptors (Lipinski definition) is 4. The van der Waals surface area contributed by atoms with Crippen molar-refractivity contribution in [2.75, 3.05) is 13.1 Å². The fourth-order valence-corrected chi connectivity index (χ4v) is 2.53. The van der Waals surface area contributed by atoms with Crippen LogP contribution in [-0.4, -0.2) is 39.8 Å². The molecule has 2 heterocycles. The summed E-state index contributed by atoms with van der Waals surface area (Å²) in [6, 6.07) is 1.60. The molecule has 5 heteroatoms. The third kappa shape index (κ3) is 3.58. The first-order valence-corrected chi connectivity index (χ1v) is 6.65. The molecule has 19 heavy (non-hydrogen) atoms. The van der Waals surface area contributed by atoms with Crippen LogP contribution in [0, 0.1) is 6.92 Å². The first-order valence-electron chi connectivity index (χ1n) is 6.65. The maximum atomic E-state index is 11.0. The van der Waals surface area contributed by atoms with Gasteiger partial charge in [-0.15, -0.1) is 0 Å². The molecular formula is C14H21NO4. The highest BCUT2D eigenvalue weighted by Gasteiger charge is 2.25. The number of carbonyl (C=O) groups is 1. The van der Waals surface area contributed by atoms with Gasteiger partial charge in [-0.1, -0.05) is 0 Å². The second kappa shape index (κ2) is 5.35. The number of aryl methyl sites for hydroxylation is 1. The maximum absolute atomic E-state index is 11.0. The highest BCUT2D eigenvalue weighted by atomic mass is 16.4. The Balaban J connectivity index is 2.01. The summed E-state index contributed by atoms with van der Waals surface area (Å²) < 4.78 is 5.49. The van der Waals surface area contributed by atoms with E-state index in [4.69, 9.17) is 9.52 Å². The summed E-state index contributed by atoms with van der Waals surface area (Å²) in [6.07, 6.45) is 2.48. The van der Waals surface area contributed by atoms with Gasteiger partial charge in [0.15, 0.2) is 0 Å².